The second kappa shape index (κ2) is 4.59. The molecule has 2 aromatic rings. The Kier molecular flexibility index (Phi) is 3.09. The van der Waals surface area contributed by atoms with Gasteiger partial charge in [-0.25, -0.2) is 13.3 Å². The van der Waals surface area contributed by atoms with Gasteiger partial charge in [0.05, 0.1) is 0 Å². The first-order chi connectivity index (χ1) is 9.79. The van der Waals surface area contributed by atoms with Crippen LogP contribution < -0.4 is 4.52 Å². The van der Waals surface area contributed by atoms with E-state index in [9.17, 15) is 17.7 Å². The standard InChI is InChI=1S/C13H8F3O4P/c14-10-9-7-4-2-1-3-6(7)5-8(9)13(12(16)11(10)15)20-21(17,18)19/h1-4H,5H2,(H2,17,18,19). The zero-order valence-corrected chi connectivity index (χ0v) is 11.2. The largest absolute Gasteiger partial charge is 0.524 e. The Labute approximate surface area is 117 Å². The second-order valence-corrected chi connectivity index (χ2v) is 5.70. The van der Waals surface area contributed by atoms with E-state index in [1.165, 1.54) is 6.07 Å². The molecule has 21 heavy (non-hydrogen) atoms. The highest BCUT2D eigenvalue weighted by molar-refractivity contribution is 7.46. The lowest BCUT2D eigenvalue weighted by atomic mass is 10.0. The quantitative estimate of drug-likeness (QED) is 0.563. The molecule has 0 spiro atoms. The molecule has 0 atom stereocenters. The van der Waals surface area contributed by atoms with E-state index in [4.69, 9.17) is 9.79 Å². The van der Waals surface area contributed by atoms with Crippen molar-refractivity contribution in [1.82, 2.24) is 0 Å². The summed E-state index contributed by atoms with van der Waals surface area (Å²) in [6.07, 6.45) is -0.00500. The molecule has 0 bridgehead atoms. The number of halogens is 3. The molecular weight excluding hydrogens is 308 g/mol. The van der Waals surface area contributed by atoms with Crippen molar-refractivity contribution < 1.29 is 32.0 Å². The predicted octanol–water partition coefficient (Wildman–Crippen LogP) is 3.15. The van der Waals surface area contributed by atoms with Gasteiger partial charge in [-0.1, -0.05) is 24.3 Å². The molecule has 0 aromatic heterocycles. The highest BCUT2D eigenvalue weighted by Crippen LogP contribution is 2.49. The molecule has 2 N–H and O–H groups in total. The molecule has 2 aromatic carbocycles. The maximum atomic E-state index is 14.0. The Morgan fingerprint density at radius 2 is 1.71 bits per heavy atom. The fourth-order valence-corrected chi connectivity index (χ4v) is 2.88. The minimum Gasteiger partial charge on any atom is -0.401 e. The third-order valence-corrected chi connectivity index (χ3v) is 3.66. The average Bonchev–Trinajstić information content (AvgIpc) is 2.79. The Morgan fingerprint density at radius 3 is 2.38 bits per heavy atom. The molecule has 1 aliphatic carbocycles. The molecular formula is C13H8F3O4P. The van der Waals surface area contributed by atoms with Crippen molar-refractivity contribution in [2.75, 3.05) is 0 Å². The van der Waals surface area contributed by atoms with Crippen LogP contribution in [0.15, 0.2) is 24.3 Å². The van der Waals surface area contributed by atoms with Crippen molar-refractivity contribution in [1.29, 1.82) is 0 Å². The minimum atomic E-state index is -5.11. The molecule has 0 fully saturated rings. The van der Waals surface area contributed by atoms with E-state index in [1.54, 1.807) is 18.2 Å². The van der Waals surface area contributed by atoms with Gasteiger partial charge in [0.2, 0.25) is 5.82 Å². The number of phosphoric acid groups is 1. The van der Waals surface area contributed by atoms with E-state index in [0.29, 0.717) is 11.1 Å². The lowest BCUT2D eigenvalue weighted by molar-refractivity contribution is 0.274. The summed E-state index contributed by atoms with van der Waals surface area (Å²) in [7, 11) is -5.11. The van der Waals surface area contributed by atoms with Crippen LogP contribution in [0.2, 0.25) is 0 Å². The van der Waals surface area contributed by atoms with Gasteiger partial charge in [0.25, 0.3) is 0 Å². The number of hydrogen-bond acceptors (Lipinski definition) is 2. The molecule has 0 saturated carbocycles. The van der Waals surface area contributed by atoms with Crippen molar-refractivity contribution >= 4 is 7.82 Å². The van der Waals surface area contributed by atoms with E-state index >= 15 is 0 Å². The van der Waals surface area contributed by atoms with Gasteiger partial charge in [-0.2, -0.15) is 4.39 Å². The fourth-order valence-electron chi connectivity index (χ4n) is 2.46. The SMILES string of the molecule is O=P(O)(O)Oc1c(F)c(F)c(F)c2c1Cc1ccccc1-2. The first kappa shape index (κ1) is 14.1. The van der Waals surface area contributed by atoms with E-state index < -0.39 is 31.0 Å². The number of fused-ring (bicyclic) bond motifs is 3. The normalized spacial score (nSPS) is 13.0. The fraction of sp³-hybridized carbons (Fsp3) is 0.0769. The summed E-state index contributed by atoms with van der Waals surface area (Å²) in [5.74, 6) is -5.92. The summed E-state index contributed by atoms with van der Waals surface area (Å²) in [5.41, 5.74) is 0.593. The van der Waals surface area contributed by atoms with Crippen molar-refractivity contribution in [3.8, 4) is 16.9 Å². The van der Waals surface area contributed by atoms with Crippen LogP contribution in [0.5, 0.6) is 5.75 Å². The highest BCUT2D eigenvalue weighted by atomic mass is 31.2. The molecule has 4 nitrogen and oxygen atoms in total. The van der Waals surface area contributed by atoms with E-state index in [1.807, 2.05) is 0 Å². The van der Waals surface area contributed by atoms with Crippen LogP contribution in [-0.4, -0.2) is 9.79 Å². The summed E-state index contributed by atoms with van der Waals surface area (Å²) >= 11 is 0. The molecule has 8 heteroatoms. The van der Waals surface area contributed by atoms with Crippen LogP contribution in [0.1, 0.15) is 11.1 Å². The van der Waals surface area contributed by atoms with Crippen LogP contribution >= 0.6 is 7.82 Å². The number of benzene rings is 2. The van der Waals surface area contributed by atoms with E-state index in [0.717, 1.165) is 0 Å². The van der Waals surface area contributed by atoms with Gasteiger partial charge in [-0.05, 0) is 11.1 Å². The van der Waals surface area contributed by atoms with Crippen molar-refractivity contribution in [3.63, 3.8) is 0 Å². The molecule has 1 aliphatic rings. The van der Waals surface area contributed by atoms with Crippen molar-refractivity contribution in [2.45, 2.75) is 6.42 Å². The summed E-state index contributed by atoms with van der Waals surface area (Å²) in [6.45, 7) is 0. The molecule has 0 amide bonds. The summed E-state index contributed by atoms with van der Waals surface area (Å²) < 4.78 is 56.5. The van der Waals surface area contributed by atoms with Crippen molar-refractivity contribution in [3.05, 3.63) is 52.8 Å². The van der Waals surface area contributed by atoms with Crippen LogP contribution in [-0.2, 0) is 11.0 Å². The Bertz CT molecular complexity index is 800. The third kappa shape index (κ3) is 2.23. The van der Waals surface area contributed by atoms with Crippen molar-refractivity contribution in [2.24, 2.45) is 0 Å². The zero-order chi connectivity index (χ0) is 15.4. The maximum absolute atomic E-state index is 14.0. The zero-order valence-electron chi connectivity index (χ0n) is 10.3. The van der Waals surface area contributed by atoms with Gasteiger partial charge in [0.1, 0.15) is 0 Å². The first-order valence-electron chi connectivity index (χ1n) is 5.82. The number of rotatable bonds is 2. The van der Waals surface area contributed by atoms with Crippen LogP contribution in [0, 0.1) is 17.5 Å². The monoisotopic (exact) mass is 316 g/mol. The number of hydrogen-bond donors (Lipinski definition) is 2. The van der Waals surface area contributed by atoms with E-state index in [2.05, 4.69) is 4.52 Å². The topological polar surface area (TPSA) is 66.8 Å². The molecule has 0 unspecified atom stereocenters. The maximum Gasteiger partial charge on any atom is 0.524 e. The van der Waals surface area contributed by atoms with Crippen LogP contribution in [0.3, 0.4) is 0 Å². The molecule has 0 saturated heterocycles. The Balaban J connectivity index is 2.31. The first-order valence-corrected chi connectivity index (χ1v) is 7.35. The molecule has 0 heterocycles. The Hall–Kier alpha value is -1.82. The van der Waals surface area contributed by atoms with Gasteiger partial charge in [0, 0.05) is 17.5 Å². The molecule has 0 aliphatic heterocycles. The van der Waals surface area contributed by atoms with Gasteiger partial charge in [-0.3, -0.25) is 9.79 Å². The van der Waals surface area contributed by atoms with Gasteiger partial charge >= 0.3 is 7.82 Å². The van der Waals surface area contributed by atoms with Gasteiger partial charge in [-0.15, -0.1) is 0 Å². The molecule has 0 radical (unpaired) electrons. The third-order valence-electron chi connectivity index (χ3n) is 3.24. The van der Waals surface area contributed by atoms with Crippen LogP contribution in [0.4, 0.5) is 13.2 Å². The average molecular weight is 316 g/mol. The second-order valence-electron chi connectivity index (χ2n) is 4.54. The number of phosphoric ester groups is 1. The van der Waals surface area contributed by atoms with Gasteiger partial charge < -0.3 is 4.52 Å². The van der Waals surface area contributed by atoms with Crippen LogP contribution in [0.25, 0.3) is 11.1 Å². The summed E-state index contributed by atoms with van der Waals surface area (Å²) in [4.78, 5) is 17.6. The lowest BCUT2D eigenvalue weighted by Crippen LogP contribution is -2.03. The predicted molar refractivity (Wildman–Crippen MR) is 67.2 cm³/mol. The highest BCUT2D eigenvalue weighted by Gasteiger charge is 2.34. The summed E-state index contributed by atoms with van der Waals surface area (Å²) in [5, 5.41) is 0. The van der Waals surface area contributed by atoms with Gasteiger partial charge in [0.15, 0.2) is 17.4 Å². The smallest absolute Gasteiger partial charge is 0.401 e. The Morgan fingerprint density at radius 1 is 1.05 bits per heavy atom. The van der Waals surface area contributed by atoms with E-state index in [-0.39, 0.29) is 17.5 Å². The molecule has 3 rings (SSSR count). The minimum absolute atomic E-state index is 0.00500. The molecule has 110 valence electrons. The summed E-state index contributed by atoms with van der Waals surface area (Å²) in [6, 6.07) is 6.41. The lowest BCUT2D eigenvalue weighted by Gasteiger charge is -2.13.